The van der Waals surface area contributed by atoms with Gasteiger partial charge in [-0.2, -0.15) is 0 Å². The number of carbonyl (C=O) groups is 1. The van der Waals surface area contributed by atoms with E-state index in [1.165, 1.54) is 48.8 Å². The van der Waals surface area contributed by atoms with Crippen molar-refractivity contribution in [2.24, 2.45) is 40.9 Å². The number of rotatable bonds is 18. The molecule has 0 saturated heterocycles. The Kier molecular flexibility index (Phi) is 18.0. The molecule has 6 rings (SSSR count). The van der Waals surface area contributed by atoms with E-state index in [-0.39, 0.29) is 61.6 Å². The van der Waals surface area contributed by atoms with Gasteiger partial charge < -0.3 is 40.5 Å². The summed E-state index contributed by atoms with van der Waals surface area (Å²) in [5, 5.41) is 53.2. The fourth-order valence-electron chi connectivity index (χ4n) is 12.9. The molecule has 63 heavy (non-hydrogen) atoms. The second kappa shape index (κ2) is 23.0. The van der Waals surface area contributed by atoms with E-state index in [0.29, 0.717) is 50.1 Å². The zero-order chi connectivity index (χ0) is 45.0. The smallest absolute Gasteiger partial charge is 0.145 e. The molecule has 9 nitrogen and oxygen atoms in total. The molecule has 9 heteroatoms. The van der Waals surface area contributed by atoms with E-state index in [0.717, 1.165) is 61.8 Å². The van der Waals surface area contributed by atoms with Crippen molar-refractivity contribution in [3.63, 3.8) is 0 Å². The van der Waals surface area contributed by atoms with Crippen molar-refractivity contribution in [3.8, 4) is 0 Å². The standard InChI is InChI=1S/C54H80N2O7/c1-38-17-18-44(32-41-12-10-13-42(31-41)33-52(56-35-38,25-29-62-5)47-15-7-6-8-16-47)39(2)11-9-14-46(37-63-30-28-58)48-21-23-54(51(48)60)50-43(22-27-57)19-20-45(49(50)40(3)36-59)34-53(54,61)24-26-55-4/h9-14,17,19-20,31,36,43-45,47-48,50-51,55-58,60-61H,2,6-8,15-16,18,21-30,32-35,37H2,1,3-5H3/b11-9+,38-17+,46-14-,49-40?/t43-,44+,45-,48-,50-,51+,52+,53+,54+/m0/s1. The highest BCUT2D eigenvalue weighted by Crippen LogP contribution is 2.67. The molecule has 4 bridgehead atoms. The molecule has 1 aliphatic heterocycles. The average Bonchev–Trinajstić information content (AvgIpc) is 3.64. The van der Waals surface area contributed by atoms with Crippen LogP contribution in [0.1, 0.15) is 102 Å². The number of fused-ring (bicyclic) bond motifs is 5. The monoisotopic (exact) mass is 869 g/mol. The minimum absolute atomic E-state index is 0.0145. The molecule has 0 radical (unpaired) electrons. The van der Waals surface area contributed by atoms with Crippen LogP contribution in [-0.2, 0) is 27.1 Å². The molecule has 5 aliphatic rings. The van der Waals surface area contributed by atoms with Crippen molar-refractivity contribution in [1.29, 1.82) is 0 Å². The van der Waals surface area contributed by atoms with Crippen molar-refractivity contribution in [2.75, 3.05) is 60.3 Å². The molecule has 0 unspecified atom stereocenters. The van der Waals surface area contributed by atoms with Gasteiger partial charge in [-0.1, -0.05) is 103 Å². The lowest BCUT2D eigenvalue weighted by atomic mass is 9.45. The third-order valence-electron chi connectivity index (χ3n) is 16.1. The van der Waals surface area contributed by atoms with Gasteiger partial charge in [-0.25, -0.2) is 0 Å². The summed E-state index contributed by atoms with van der Waals surface area (Å²) in [7, 11) is 3.70. The van der Waals surface area contributed by atoms with Gasteiger partial charge in [0, 0.05) is 49.7 Å². The largest absolute Gasteiger partial charge is 0.396 e. The van der Waals surface area contributed by atoms with Gasteiger partial charge in [0.15, 0.2) is 0 Å². The Labute approximate surface area is 378 Å². The number of allylic oxidation sites excluding steroid dienone is 9. The molecular formula is C54H80N2O7. The first kappa shape index (κ1) is 49.4. The van der Waals surface area contributed by atoms with Gasteiger partial charge in [0.2, 0.25) is 0 Å². The predicted octanol–water partition coefficient (Wildman–Crippen LogP) is 7.55. The van der Waals surface area contributed by atoms with Crippen LogP contribution >= 0.6 is 0 Å². The lowest BCUT2D eigenvalue weighted by Crippen LogP contribution is -2.65. The molecule has 1 spiro atoms. The summed E-state index contributed by atoms with van der Waals surface area (Å²) < 4.78 is 11.7. The zero-order valence-corrected chi connectivity index (χ0v) is 39.0. The van der Waals surface area contributed by atoms with Gasteiger partial charge in [-0.15, -0.1) is 0 Å². The Morgan fingerprint density at radius 2 is 1.86 bits per heavy atom. The van der Waals surface area contributed by atoms with Crippen molar-refractivity contribution in [3.05, 3.63) is 106 Å². The summed E-state index contributed by atoms with van der Waals surface area (Å²) in [4.78, 5) is 12.5. The molecule has 348 valence electrons. The maximum absolute atomic E-state index is 13.0. The summed E-state index contributed by atoms with van der Waals surface area (Å²) in [6.07, 6.45) is 25.5. The number of aliphatic hydroxyl groups excluding tert-OH is 3. The molecule has 3 saturated carbocycles. The van der Waals surface area contributed by atoms with Crippen LogP contribution in [0, 0.1) is 40.9 Å². The first-order valence-corrected chi connectivity index (χ1v) is 24.2. The average molecular weight is 869 g/mol. The van der Waals surface area contributed by atoms with E-state index in [1.807, 2.05) is 27.2 Å². The Morgan fingerprint density at radius 3 is 2.59 bits per heavy atom. The quantitative estimate of drug-likeness (QED) is 0.0290. The second-order valence-corrected chi connectivity index (χ2v) is 19.8. The Bertz CT molecular complexity index is 1840. The van der Waals surface area contributed by atoms with Gasteiger partial charge in [0.1, 0.15) is 6.29 Å². The van der Waals surface area contributed by atoms with Gasteiger partial charge in [-0.05, 0) is 144 Å². The summed E-state index contributed by atoms with van der Waals surface area (Å²) in [5.41, 5.74) is 5.41. The number of hydrogen-bond acceptors (Lipinski definition) is 9. The highest BCUT2D eigenvalue weighted by atomic mass is 16.5. The zero-order valence-electron chi connectivity index (χ0n) is 39.0. The molecule has 0 amide bonds. The van der Waals surface area contributed by atoms with Crippen LogP contribution in [0.5, 0.6) is 0 Å². The highest BCUT2D eigenvalue weighted by molar-refractivity contribution is 5.74. The summed E-state index contributed by atoms with van der Waals surface area (Å²) in [6.45, 7) is 11.2. The van der Waals surface area contributed by atoms with Crippen LogP contribution in [0.15, 0.2) is 95.2 Å². The SMILES string of the molecule is C=C(/C=C/C=C(/COCCO)[C@@H]1CC[C@]2([C@@H]1O)[C@@H]1C(=C(C)C=O)[C@@H](C=C[C@H]1CCO)C[C@]2(O)CCNC)[C@@H]1C/C=C(\C)CN[C@@](CCOC)(C2CCCCC2)Cc2cccc(c2)C1. The molecule has 3 fully saturated rings. The fraction of sp³-hybridized carbons (Fsp3) is 0.648. The Balaban J connectivity index is 1.29. The summed E-state index contributed by atoms with van der Waals surface area (Å²) in [5.74, 6) is -0.0937. The molecule has 1 aromatic carbocycles. The summed E-state index contributed by atoms with van der Waals surface area (Å²) in [6, 6.07) is 9.19. The van der Waals surface area contributed by atoms with Crippen molar-refractivity contribution in [2.45, 2.75) is 121 Å². The number of methoxy groups -OCH3 is 1. The van der Waals surface area contributed by atoms with Crippen LogP contribution in [0.3, 0.4) is 0 Å². The molecule has 9 atom stereocenters. The van der Waals surface area contributed by atoms with E-state index in [4.69, 9.17) is 9.47 Å². The molecule has 1 aromatic rings. The lowest BCUT2D eigenvalue weighted by Gasteiger charge is -2.61. The fourth-order valence-corrected chi connectivity index (χ4v) is 12.9. The van der Waals surface area contributed by atoms with Crippen LogP contribution in [0.4, 0.5) is 0 Å². The third kappa shape index (κ3) is 11.0. The van der Waals surface area contributed by atoms with Crippen molar-refractivity contribution < 1.29 is 34.7 Å². The maximum Gasteiger partial charge on any atom is 0.145 e. The van der Waals surface area contributed by atoms with Crippen molar-refractivity contribution in [1.82, 2.24) is 10.6 Å². The number of aldehydes is 1. The van der Waals surface area contributed by atoms with Crippen LogP contribution in [-0.4, -0.2) is 104 Å². The Hall–Kier alpha value is -2.99. The maximum atomic E-state index is 13.0. The van der Waals surface area contributed by atoms with Crippen LogP contribution in [0.2, 0.25) is 0 Å². The van der Waals surface area contributed by atoms with Gasteiger partial charge in [0.25, 0.3) is 0 Å². The van der Waals surface area contributed by atoms with Crippen LogP contribution < -0.4 is 10.6 Å². The van der Waals surface area contributed by atoms with Gasteiger partial charge in [-0.3, -0.25) is 4.79 Å². The summed E-state index contributed by atoms with van der Waals surface area (Å²) >= 11 is 0. The number of nitrogens with one attached hydrogen (secondary N) is 2. The van der Waals surface area contributed by atoms with Gasteiger partial charge in [0.05, 0.1) is 31.5 Å². The number of ether oxygens (including phenoxy) is 2. The third-order valence-corrected chi connectivity index (χ3v) is 16.1. The van der Waals surface area contributed by atoms with E-state index in [1.54, 1.807) is 0 Å². The van der Waals surface area contributed by atoms with E-state index < -0.39 is 17.1 Å². The molecular weight excluding hydrogens is 789 g/mol. The minimum atomic E-state index is -1.22. The number of hydrogen-bond donors (Lipinski definition) is 6. The topological polar surface area (TPSA) is 141 Å². The van der Waals surface area contributed by atoms with E-state index >= 15 is 0 Å². The molecule has 4 aliphatic carbocycles. The normalized spacial score (nSPS) is 34.7. The predicted molar refractivity (Wildman–Crippen MR) is 253 cm³/mol. The number of carbonyl (C=O) groups excluding carboxylic acids is 1. The van der Waals surface area contributed by atoms with Crippen molar-refractivity contribution >= 4 is 6.29 Å². The first-order chi connectivity index (χ1) is 30.5. The van der Waals surface area contributed by atoms with Crippen LogP contribution in [0.25, 0.3) is 0 Å². The first-order valence-electron chi connectivity index (χ1n) is 24.2. The molecule has 0 aromatic heterocycles. The van der Waals surface area contributed by atoms with E-state index in [2.05, 4.69) is 78.8 Å². The highest BCUT2D eigenvalue weighted by Gasteiger charge is 2.68. The molecule has 6 N–H and O–H groups in total. The number of aliphatic hydroxyl groups is 4. The minimum Gasteiger partial charge on any atom is -0.396 e. The lowest BCUT2D eigenvalue weighted by molar-refractivity contribution is -0.194. The van der Waals surface area contributed by atoms with Gasteiger partial charge >= 0.3 is 0 Å². The second-order valence-electron chi connectivity index (χ2n) is 19.8. The Morgan fingerprint density at radius 1 is 1.06 bits per heavy atom. The van der Waals surface area contributed by atoms with E-state index in [9.17, 15) is 25.2 Å². The number of benzene rings is 1. The molecule has 1 heterocycles.